The highest BCUT2D eigenvalue weighted by Gasteiger charge is 2.23. The zero-order valence-electron chi connectivity index (χ0n) is 18.7. The van der Waals surface area contributed by atoms with E-state index in [2.05, 4.69) is 58.5 Å². The lowest BCUT2D eigenvalue weighted by atomic mass is 9.98. The summed E-state index contributed by atoms with van der Waals surface area (Å²) in [5.41, 5.74) is 3.63. The van der Waals surface area contributed by atoms with Crippen LogP contribution >= 0.6 is 0 Å². The molecule has 7 nitrogen and oxygen atoms in total. The van der Waals surface area contributed by atoms with Gasteiger partial charge in [-0.15, -0.1) is 5.10 Å². The number of tetrazole rings is 1. The third-order valence-electron chi connectivity index (χ3n) is 5.30. The van der Waals surface area contributed by atoms with Crippen LogP contribution in [0.3, 0.4) is 0 Å². The summed E-state index contributed by atoms with van der Waals surface area (Å²) in [7, 11) is 7.38. The van der Waals surface area contributed by atoms with Gasteiger partial charge in [0.15, 0.2) is 17.3 Å². The lowest BCUT2D eigenvalue weighted by Gasteiger charge is -2.24. The van der Waals surface area contributed by atoms with Gasteiger partial charge in [0.05, 0.1) is 20.3 Å². The van der Waals surface area contributed by atoms with Gasteiger partial charge in [-0.05, 0) is 65.7 Å². The highest BCUT2D eigenvalue weighted by atomic mass is 16.5. The van der Waals surface area contributed by atoms with E-state index in [1.807, 2.05) is 37.0 Å². The molecule has 0 saturated carbocycles. The lowest BCUT2D eigenvalue weighted by molar-refractivity contribution is 0.317. The van der Waals surface area contributed by atoms with Crippen molar-refractivity contribution < 1.29 is 9.47 Å². The maximum Gasteiger partial charge on any atom is 0.173 e. The Morgan fingerprint density at radius 2 is 1.60 bits per heavy atom. The summed E-state index contributed by atoms with van der Waals surface area (Å²) in [6, 6.07) is 14.7. The summed E-state index contributed by atoms with van der Waals surface area (Å²) in [6.07, 6.45) is 0.783. The summed E-state index contributed by atoms with van der Waals surface area (Å²) < 4.78 is 12.6. The van der Waals surface area contributed by atoms with Crippen LogP contribution in [0.15, 0.2) is 42.5 Å². The first-order valence-corrected chi connectivity index (χ1v) is 10.2. The van der Waals surface area contributed by atoms with Crippen LogP contribution in [0.25, 0.3) is 0 Å². The summed E-state index contributed by atoms with van der Waals surface area (Å²) in [5, 5.41) is 12.6. The van der Waals surface area contributed by atoms with Gasteiger partial charge < -0.3 is 9.47 Å². The maximum atomic E-state index is 5.41. The fourth-order valence-corrected chi connectivity index (χ4v) is 3.58. The molecule has 3 aromatic rings. The maximum absolute atomic E-state index is 5.41. The number of benzene rings is 2. The van der Waals surface area contributed by atoms with Gasteiger partial charge in [-0.25, -0.2) is 4.68 Å². The summed E-state index contributed by atoms with van der Waals surface area (Å²) >= 11 is 0. The molecule has 2 aromatic carbocycles. The Hall–Kier alpha value is -2.93. The predicted molar refractivity (Wildman–Crippen MR) is 117 cm³/mol. The monoisotopic (exact) mass is 409 g/mol. The third kappa shape index (κ3) is 4.79. The minimum Gasteiger partial charge on any atom is -0.493 e. The Morgan fingerprint density at radius 1 is 0.933 bits per heavy atom. The van der Waals surface area contributed by atoms with Crippen molar-refractivity contribution in [3.63, 3.8) is 0 Å². The second kappa shape index (κ2) is 9.71. The van der Waals surface area contributed by atoms with Crippen LogP contribution in [0.1, 0.15) is 48.3 Å². The normalized spacial score (nSPS) is 12.4. The van der Waals surface area contributed by atoms with Crippen LogP contribution in [-0.2, 0) is 13.0 Å². The molecule has 0 aliphatic heterocycles. The van der Waals surface area contributed by atoms with Gasteiger partial charge in [0.25, 0.3) is 0 Å². The lowest BCUT2D eigenvalue weighted by Crippen LogP contribution is -2.25. The average Bonchev–Trinajstić information content (AvgIpc) is 3.20. The van der Waals surface area contributed by atoms with E-state index >= 15 is 0 Å². The molecule has 7 heteroatoms. The van der Waals surface area contributed by atoms with Crippen molar-refractivity contribution in [2.45, 2.75) is 38.8 Å². The first kappa shape index (κ1) is 21.8. The first-order valence-electron chi connectivity index (χ1n) is 10.2. The highest BCUT2D eigenvalue weighted by molar-refractivity contribution is 5.42. The summed E-state index contributed by atoms with van der Waals surface area (Å²) in [6.45, 7) is 5.08. The summed E-state index contributed by atoms with van der Waals surface area (Å²) in [5.74, 6) is 2.78. The van der Waals surface area contributed by atoms with Gasteiger partial charge >= 0.3 is 0 Å². The van der Waals surface area contributed by atoms with E-state index in [-0.39, 0.29) is 6.04 Å². The molecule has 0 N–H and O–H groups in total. The number of methoxy groups -OCH3 is 2. The SMILES string of the molecule is COc1ccc(CCn2nnnc2[C@@H](c2ccc(C(C)C)cc2)N(C)C)cc1OC. The van der Waals surface area contributed by atoms with Crippen molar-refractivity contribution >= 4 is 0 Å². The molecule has 0 aliphatic rings. The van der Waals surface area contributed by atoms with Crippen LogP contribution in [0.2, 0.25) is 0 Å². The van der Waals surface area contributed by atoms with Crippen LogP contribution in [-0.4, -0.2) is 53.4 Å². The zero-order chi connectivity index (χ0) is 21.7. The van der Waals surface area contributed by atoms with Gasteiger partial charge in [0.1, 0.15) is 0 Å². The number of nitrogens with zero attached hydrogens (tertiary/aromatic N) is 5. The molecule has 0 amide bonds. The largest absolute Gasteiger partial charge is 0.493 e. The topological polar surface area (TPSA) is 65.3 Å². The van der Waals surface area contributed by atoms with Gasteiger partial charge in [-0.1, -0.05) is 44.2 Å². The molecule has 3 rings (SSSR count). The molecule has 1 atom stereocenters. The molecule has 0 aliphatic carbocycles. The van der Waals surface area contributed by atoms with Gasteiger partial charge in [0.2, 0.25) is 0 Å². The smallest absolute Gasteiger partial charge is 0.173 e. The van der Waals surface area contributed by atoms with E-state index < -0.39 is 0 Å². The second-order valence-corrected chi connectivity index (χ2v) is 7.89. The fraction of sp³-hybridized carbons (Fsp3) is 0.435. The number of ether oxygens (including phenoxy) is 2. The molecule has 1 heterocycles. The number of aromatic nitrogens is 4. The Morgan fingerprint density at radius 3 is 2.20 bits per heavy atom. The van der Waals surface area contributed by atoms with E-state index in [0.717, 1.165) is 29.3 Å². The Labute approximate surface area is 178 Å². The number of rotatable bonds is 9. The molecular formula is C23H31N5O2. The van der Waals surface area contributed by atoms with Crippen LogP contribution < -0.4 is 9.47 Å². The van der Waals surface area contributed by atoms with E-state index in [9.17, 15) is 0 Å². The molecule has 30 heavy (non-hydrogen) atoms. The predicted octanol–water partition coefficient (Wildman–Crippen LogP) is 3.71. The minimum absolute atomic E-state index is 0.0217. The van der Waals surface area contributed by atoms with Gasteiger partial charge in [0, 0.05) is 6.54 Å². The Balaban J connectivity index is 1.82. The highest BCUT2D eigenvalue weighted by Crippen LogP contribution is 2.29. The molecule has 0 spiro atoms. The molecule has 160 valence electrons. The molecule has 0 fully saturated rings. The Bertz CT molecular complexity index is 950. The van der Waals surface area contributed by atoms with E-state index in [1.54, 1.807) is 14.2 Å². The molecule has 0 unspecified atom stereocenters. The second-order valence-electron chi connectivity index (χ2n) is 7.89. The molecule has 0 radical (unpaired) electrons. The van der Waals surface area contributed by atoms with Crippen LogP contribution in [0.4, 0.5) is 0 Å². The average molecular weight is 410 g/mol. The number of aryl methyl sites for hydroxylation is 2. The number of hydrogen-bond donors (Lipinski definition) is 0. The molecule has 1 aromatic heterocycles. The van der Waals surface area contributed by atoms with Crippen molar-refractivity contribution in [2.75, 3.05) is 28.3 Å². The van der Waals surface area contributed by atoms with Gasteiger partial charge in [-0.3, -0.25) is 4.90 Å². The van der Waals surface area contributed by atoms with E-state index in [4.69, 9.17) is 9.47 Å². The number of hydrogen-bond acceptors (Lipinski definition) is 6. The Kier molecular flexibility index (Phi) is 7.05. The van der Waals surface area contributed by atoms with Crippen molar-refractivity contribution in [3.8, 4) is 11.5 Å². The van der Waals surface area contributed by atoms with Crippen LogP contribution in [0.5, 0.6) is 11.5 Å². The zero-order valence-corrected chi connectivity index (χ0v) is 18.7. The molecular weight excluding hydrogens is 378 g/mol. The standard InChI is InChI=1S/C23H31N5O2/c1-16(2)18-8-10-19(11-9-18)22(27(3)4)23-24-25-26-28(23)14-13-17-7-12-20(29-5)21(15-17)30-6/h7-12,15-16,22H,13-14H2,1-6H3/t22-/m1/s1. The van der Waals surface area contributed by atoms with E-state index in [0.29, 0.717) is 12.5 Å². The first-order chi connectivity index (χ1) is 14.4. The fourth-order valence-electron chi connectivity index (χ4n) is 3.58. The van der Waals surface area contributed by atoms with Crippen LogP contribution in [0, 0.1) is 0 Å². The molecule has 0 bridgehead atoms. The quantitative estimate of drug-likeness (QED) is 0.537. The van der Waals surface area contributed by atoms with E-state index in [1.165, 1.54) is 11.1 Å². The third-order valence-corrected chi connectivity index (χ3v) is 5.30. The molecule has 0 saturated heterocycles. The van der Waals surface area contributed by atoms with Gasteiger partial charge in [-0.2, -0.15) is 0 Å². The summed E-state index contributed by atoms with van der Waals surface area (Å²) in [4.78, 5) is 2.14. The van der Waals surface area contributed by atoms with Crippen molar-refractivity contribution in [1.82, 2.24) is 25.1 Å². The van der Waals surface area contributed by atoms with Crippen molar-refractivity contribution in [1.29, 1.82) is 0 Å². The minimum atomic E-state index is -0.0217. The van der Waals surface area contributed by atoms with Crippen molar-refractivity contribution in [3.05, 3.63) is 65.0 Å². The van der Waals surface area contributed by atoms with Crippen molar-refractivity contribution in [2.24, 2.45) is 0 Å².